The van der Waals surface area contributed by atoms with E-state index in [-0.39, 0.29) is 11.9 Å². The molecule has 0 aliphatic carbocycles. The zero-order valence-corrected chi connectivity index (χ0v) is 12.6. The fourth-order valence-corrected chi connectivity index (χ4v) is 2.86. The first-order valence-corrected chi connectivity index (χ1v) is 7.39. The molecule has 1 aliphatic rings. The number of tetrazole rings is 1. The highest BCUT2D eigenvalue weighted by molar-refractivity contribution is 5.95. The van der Waals surface area contributed by atoms with Gasteiger partial charge in [0.15, 0.2) is 5.65 Å². The molecule has 1 saturated heterocycles. The number of likely N-dealkylation sites (tertiary alicyclic amines) is 1. The van der Waals surface area contributed by atoms with Crippen molar-refractivity contribution in [3.05, 3.63) is 53.7 Å². The van der Waals surface area contributed by atoms with Crippen LogP contribution in [0.4, 0.5) is 0 Å². The predicted molar refractivity (Wildman–Crippen MR) is 82.2 cm³/mol. The average molecular weight is 309 g/mol. The summed E-state index contributed by atoms with van der Waals surface area (Å²) in [6, 6.07) is 11.4. The lowest BCUT2D eigenvalue weighted by Gasteiger charge is -2.41. The number of aromatic nitrogens is 4. The van der Waals surface area contributed by atoms with Crippen LogP contribution in [0, 0.1) is 0 Å². The number of nitrogens with zero attached hydrogens (tertiary/aromatic N) is 5. The first-order chi connectivity index (χ1) is 11.3. The van der Waals surface area contributed by atoms with Gasteiger partial charge in [0.05, 0.1) is 13.2 Å². The number of hydrogen-bond donors (Lipinski definition) is 0. The number of hydrogen-bond acceptors (Lipinski definition) is 5. The second kappa shape index (κ2) is 5.35. The number of carbonyl (C=O) groups is 1. The molecule has 4 rings (SSSR count). The number of fused-ring (bicyclic) bond motifs is 1. The highest BCUT2D eigenvalue weighted by Gasteiger charge is 2.34. The smallest absolute Gasteiger partial charge is 0.254 e. The highest BCUT2D eigenvalue weighted by Crippen LogP contribution is 2.35. The van der Waals surface area contributed by atoms with Crippen LogP contribution in [0.2, 0.25) is 0 Å². The lowest BCUT2D eigenvalue weighted by atomic mass is 9.93. The topological polar surface area (TPSA) is 72.6 Å². The molecule has 7 heteroatoms. The molecule has 0 saturated carbocycles. The van der Waals surface area contributed by atoms with Gasteiger partial charge in [-0.05, 0) is 46.7 Å². The van der Waals surface area contributed by atoms with Crippen molar-refractivity contribution in [3.63, 3.8) is 0 Å². The Hall–Kier alpha value is -2.96. The number of pyridine rings is 1. The van der Waals surface area contributed by atoms with E-state index in [0.29, 0.717) is 11.2 Å². The Labute approximate surface area is 132 Å². The molecule has 1 atom stereocenters. The first-order valence-electron chi connectivity index (χ1n) is 7.39. The number of methoxy groups -OCH3 is 1. The van der Waals surface area contributed by atoms with Gasteiger partial charge in [0.1, 0.15) is 5.75 Å². The van der Waals surface area contributed by atoms with Crippen LogP contribution in [0.15, 0.2) is 42.6 Å². The summed E-state index contributed by atoms with van der Waals surface area (Å²) >= 11 is 0. The Kier molecular flexibility index (Phi) is 3.18. The maximum atomic E-state index is 12.7. The zero-order chi connectivity index (χ0) is 15.8. The lowest BCUT2D eigenvalue weighted by Crippen LogP contribution is -2.45. The second-order valence-corrected chi connectivity index (χ2v) is 5.48. The van der Waals surface area contributed by atoms with Crippen LogP contribution in [-0.4, -0.2) is 44.5 Å². The van der Waals surface area contributed by atoms with Gasteiger partial charge in [0.25, 0.3) is 5.91 Å². The SMILES string of the molecule is COc1cccc(C2CCN2C(=O)c2ccn3nnnc3c2)c1. The summed E-state index contributed by atoms with van der Waals surface area (Å²) in [6.07, 6.45) is 2.65. The van der Waals surface area contributed by atoms with Crippen LogP contribution in [0.1, 0.15) is 28.4 Å². The lowest BCUT2D eigenvalue weighted by molar-refractivity contribution is 0.0460. The molecule has 0 spiro atoms. The number of benzene rings is 1. The molecule has 3 heterocycles. The normalized spacial score (nSPS) is 17.1. The summed E-state index contributed by atoms with van der Waals surface area (Å²) in [5.74, 6) is 0.798. The van der Waals surface area contributed by atoms with Crippen molar-refractivity contribution in [2.24, 2.45) is 0 Å². The van der Waals surface area contributed by atoms with Crippen molar-refractivity contribution in [1.29, 1.82) is 0 Å². The molecule has 0 radical (unpaired) electrons. The average Bonchev–Trinajstić information content (AvgIpc) is 3.01. The van der Waals surface area contributed by atoms with Crippen LogP contribution < -0.4 is 4.74 Å². The molecule has 1 fully saturated rings. The maximum absolute atomic E-state index is 12.7. The molecule has 2 aromatic heterocycles. The number of rotatable bonds is 3. The van der Waals surface area contributed by atoms with Crippen LogP contribution in [-0.2, 0) is 0 Å². The molecule has 116 valence electrons. The number of amides is 1. The van der Waals surface area contributed by atoms with Crippen molar-refractivity contribution < 1.29 is 9.53 Å². The molecular formula is C16H15N5O2. The van der Waals surface area contributed by atoms with Gasteiger partial charge >= 0.3 is 0 Å². The molecule has 1 aliphatic heterocycles. The Balaban J connectivity index is 1.60. The zero-order valence-electron chi connectivity index (χ0n) is 12.6. The fraction of sp³-hybridized carbons (Fsp3) is 0.250. The van der Waals surface area contributed by atoms with Gasteiger partial charge in [-0.15, -0.1) is 5.10 Å². The molecular weight excluding hydrogens is 294 g/mol. The largest absolute Gasteiger partial charge is 0.497 e. The van der Waals surface area contributed by atoms with Crippen LogP contribution in [0.5, 0.6) is 5.75 Å². The van der Waals surface area contributed by atoms with E-state index in [9.17, 15) is 4.79 Å². The van der Waals surface area contributed by atoms with Crippen molar-refractivity contribution in [1.82, 2.24) is 24.9 Å². The minimum absolute atomic E-state index is 0.00503. The van der Waals surface area contributed by atoms with E-state index in [2.05, 4.69) is 15.5 Å². The van der Waals surface area contributed by atoms with Crippen LogP contribution >= 0.6 is 0 Å². The standard InChI is InChI=1S/C16H15N5O2/c1-23-13-4-2-3-11(9-13)14-6-7-20(14)16(22)12-5-8-21-15(10-12)17-18-19-21/h2-5,8-10,14H,6-7H2,1H3. The van der Waals surface area contributed by atoms with E-state index in [1.165, 1.54) is 4.52 Å². The predicted octanol–water partition coefficient (Wildman–Crippen LogP) is 1.72. The monoisotopic (exact) mass is 309 g/mol. The molecule has 0 N–H and O–H groups in total. The Bertz CT molecular complexity index is 876. The summed E-state index contributed by atoms with van der Waals surface area (Å²) in [5.41, 5.74) is 2.25. The minimum atomic E-state index is -0.00503. The van der Waals surface area contributed by atoms with Gasteiger partial charge in [-0.1, -0.05) is 12.1 Å². The van der Waals surface area contributed by atoms with E-state index in [1.54, 1.807) is 25.4 Å². The third-order valence-electron chi connectivity index (χ3n) is 4.20. The van der Waals surface area contributed by atoms with E-state index in [4.69, 9.17) is 4.74 Å². The van der Waals surface area contributed by atoms with Gasteiger partial charge in [-0.25, -0.2) is 4.52 Å². The molecule has 3 aromatic rings. The van der Waals surface area contributed by atoms with Gasteiger partial charge in [-0.2, -0.15) is 0 Å². The summed E-state index contributed by atoms with van der Waals surface area (Å²) in [4.78, 5) is 14.6. The molecule has 0 bridgehead atoms. The third-order valence-corrected chi connectivity index (χ3v) is 4.20. The summed E-state index contributed by atoms with van der Waals surface area (Å²) in [6.45, 7) is 0.747. The van der Waals surface area contributed by atoms with Crippen molar-refractivity contribution in [2.75, 3.05) is 13.7 Å². The van der Waals surface area contributed by atoms with Crippen LogP contribution in [0.25, 0.3) is 5.65 Å². The van der Waals surface area contributed by atoms with E-state index in [0.717, 1.165) is 24.3 Å². The fourth-order valence-electron chi connectivity index (χ4n) is 2.86. The van der Waals surface area contributed by atoms with Crippen molar-refractivity contribution in [2.45, 2.75) is 12.5 Å². The Morgan fingerprint density at radius 2 is 2.22 bits per heavy atom. The second-order valence-electron chi connectivity index (χ2n) is 5.48. The van der Waals surface area contributed by atoms with E-state index in [1.807, 2.05) is 29.2 Å². The minimum Gasteiger partial charge on any atom is -0.497 e. The summed E-state index contributed by atoms with van der Waals surface area (Å²) in [7, 11) is 1.64. The van der Waals surface area contributed by atoms with E-state index < -0.39 is 0 Å². The summed E-state index contributed by atoms with van der Waals surface area (Å²) in [5, 5.41) is 11.3. The van der Waals surface area contributed by atoms with Crippen molar-refractivity contribution >= 4 is 11.6 Å². The summed E-state index contributed by atoms with van der Waals surface area (Å²) < 4.78 is 6.80. The maximum Gasteiger partial charge on any atom is 0.254 e. The number of carbonyl (C=O) groups excluding carboxylic acids is 1. The third kappa shape index (κ3) is 2.30. The van der Waals surface area contributed by atoms with Gasteiger partial charge in [-0.3, -0.25) is 4.79 Å². The molecule has 23 heavy (non-hydrogen) atoms. The molecule has 1 aromatic carbocycles. The van der Waals surface area contributed by atoms with Crippen LogP contribution in [0.3, 0.4) is 0 Å². The molecule has 1 amide bonds. The molecule has 7 nitrogen and oxygen atoms in total. The van der Waals surface area contributed by atoms with E-state index >= 15 is 0 Å². The Morgan fingerprint density at radius 1 is 1.30 bits per heavy atom. The van der Waals surface area contributed by atoms with Gasteiger partial charge < -0.3 is 9.64 Å². The first kappa shape index (κ1) is 13.7. The van der Waals surface area contributed by atoms with Crippen molar-refractivity contribution in [3.8, 4) is 5.75 Å². The Morgan fingerprint density at radius 3 is 3.00 bits per heavy atom. The van der Waals surface area contributed by atoms with Gasteiger partial charge in [0, 0.05) is 18.3 Å². The quantitative estimate of drug-likeness (QED) is 0.736. The van der Waals surface area contributed by atoms with Gasteiger partial charge in [0.2, 0.25) is 0 Å². The molecule has 1 unspecified atom stereocenters. The number of ether oxygens (including phenoxy) is 1. The highest BCUT2D eigenvalue weighted by atomic mass is 16.5.